The summed E-state index contributed by atoms with van der Waals surface area (Å²) in [6.07, 6.45) is 0. The van der Waals surface area contributed by atoms with E-state index in [9.17, 15) is 10.2 Å². The lowest BCUT2D eigenvalue weighted by Crippen LogP contribution is -2.04. The van der Waals surface area contributed by atoms with Crippen LogP contribution < -0.4 is 4.74 Å². The van der Waals surface area contributed by atoms with Crippen LogP contribution in [0.5, 0.6) is 5.75 Å². The van der Waals surface area contributed by atoms with Gasteiger partial charge in [-0.1, -0.05) is 60.7 Å². The van der Waals surface area contributed by atoms with E-state index >= 15 is 0 Å². The Morgan fingerprint density at radius 1 is 0.640 bits per heavy atom. The smallest absolute Gasteiger partial charge is 0.118 e. The first kappa shape index (κ1) is 17.2. The van der Waals surface area contributed by atoms with Crippen LogP contribution in [0.1, 0.15) is 33.7 Å². The zero-order chi connectivity index (χ0) is 17.6. The van der Waals surface area contributed by atoms with Crippen molar-refractivity contribution >= 4 is 0 Å². The fraction of sp³-hybridized carbons (Fsp3) is 0.182. The Morgan fingerprint density at radius 2 is 1.00 bits per heavy atom. The Labute approximate surface area is 148 Å². The molecular formula is C22H22O3. The van der Waals surface area contributed by atoms with Crippen LogP contribution in [0.3, 0.4) is 0 Å². The molecule has 3 heteroatoms. The summed E-state index contributed by atoms with van der Waals surface area (Å²) >= 11 is 0. The average Bonchev–Trinajstić information content (AvgIpc) is 2.70. The van der Waals surface area contributed by atoms with Crippen molar-refractivity contribution in [3.63, 3.8) is 0 Å². The minimum atomic E-state index is 0.0404. The Morgan fingerprint density at radius 3 is 1.32 bits per heavy atom. The van der Waals surface area contributed by atoms with Crippen molar-refractivity contribution in [1.82, 2.24) is 0 Å². The lowest BCUT2D eigenvalue weighted by molar-refractivity contribution is 0.281. The molecule has 0 aromatic heterocycles. The minimum absolute atomic E-state index is 0.0404. The zero-order valence-corrected chi connectivity index (χ0v) is 14.2. The normalized spacial score (nSPS) is 10.9. The monoisotopic (exact) mass is 334 g/mol. The predicted molar refractivity (Wildman–Crippen MR) is 98.7 cm³/mol. The van der Waals surface area contributed by atoms with Crippen LogP contribution in [0.15, 0.2) is 72.8 Å². The quantitative estimate of drug-likeness (QED) is 0.673. The van der Waals surface area contributed by atoms with E-state index in [0.717, 1.165) is 33.6 Å². The summed E-state index contributed by atoms with van der Waals surface area (Å²) in [6.45, 7) is 0.0807. The van der Waals surface area contributed by atoms with Crippen LogP contribution in [0, 0.1) is 0 Å². The largest absolute Gasteiger partial charge is 0.497 e. The molecule has 0 aliphatic carbocycles. The second-order valence-corrected chi connectivity index (χ2v) is 6.01. The topological polar surface area (TPSA) is 49.7 Å². The van der Waals surface area contributed by atoms with Crippen molar-refractivity contribution in [1.29, 1.82) is 0 Å². The Balaban J connectivity index is 2.04. The average molecular weight is 334 g/mol. The molecule has 3 rings (SSSR count). The van der Waals surface area contributed by atoms with Gasteiger partial charge in [0.15, 0.2) is 0 Å². The second-order valence-electron chi connectivity index (χ2n) is 6.01. The molecule has 3 aromatic carbocycles. The predicted octanol–water partition coefficient (Wildman–Crippen LogP) is 3.86. The first-order chi connectivity index (χ1) is 12.2. The summed E-state index contributed by atoms with van der Waals surface area (Å²) in [6, 6.07) is 24.1. The Bertz CT molecular complexity index is 677. The standard InChI is InChI=1S/C22H22O3/c1-25-21-12-10-20(11-13-21)22(18-6-2-16(14-23)3-7-18)19-8-4-17(15-24)5-9-19/h2-13,22-24H,14-15H2,1H3. The molecule has 0 unspecified atom stereocenters. The maximum absolute atomic E-state index is 9.28. The molecule has 25 heavy (non-hydrogen) atoms. The molecule has 0 radical (unpaired) electrons. The van der Waals surface area contributed by atoms with E-state index in [-0.39, 0.29) is 19.1 Å². The van der Waals surface area contributed by atoms with E-state index in [1.807, 2.05) is 36.4 Å². The molecule has 0 saturated carbocycles. The maximum atomic E-state index is 9.28. The molecule has 0 atom stereocenters. The molecule has 0 saturated heterocycles. The SMILES string of the molecule is COc1ccc(C(c2ccc(CO)cc2)c2ccc(CO)cc2)cc1. The van der Waals surface area contributed by atoms with Crippen LogP contribution in [0.4, 0.5) is 0 Å². The van der Waals surface area contributed by atoms with Crippen molar-refractivity contribution in [2.45, 2.75) is 19.1 Å². The first-order valence-electron chi connectivity index (χ1n) is 8.28. The summed E-state index contributed by atoms with van der Waals surface area (Å²) in [5, 5.41) is 18.6. The van der Waals surface area contributed by atoms with Crippen LogP contribution in [0.25, 0.3) is 0 Å². The van der Waals surface area contributed by atoms with Gasteiger partial charge in [-0.2, -0.15) is 0 Å². The highest BCUT2D eigenvalue weighted by Crippen LogP contribution is 2.33. The van der Waals surface area contributed by atoms with E-state index in [1.54, 1.807) is 7.11 Å². The van der Waals surface area contributed by atoms with Crippen LogP contribution in [-0.4, -0.2) is 17.3 Å². The van der Waals surface area contributed by atoms with Gasteiger partial charge in [-0.3, -0.25) is 0 Å². The third kappa shape index (κ3) is 3.90. The minimum Gasteiger partial charge on any atom is -0.497 e. The van der Waals surface area contributed by atoms with Gasteiger partial charge in [0.2, 0.25) is 0 Å². The lowest BCUT2D eigenvalue weighted by Gasteiger charge is -2.20. The van der Waals surface area contributed by atoms with Gasteiger partial charge in [0.1, 0.15) is 5.75 Å². The highest BCUT2D eigenvalue weighted by Gasteiger charge is 2.17. The third-order valence-corrected chi connectivity index (χ3v) is 4.44. The van der Waals surface area contributed by atoms with Crippen LogP contribution >= 0.6 is 0 Å². The molecule has 128 valence electrons. The van der Waals surface area contributed by atoms with Crippen molar-refractivity contribution < 1.29 is 14.9 Å². The number of ether oxygens (including phenoxy) is 1. The van der Waals surface area contributed by atoms with Gasteiger partial charge in [0.05, 0.1) is 20.3 Å². The third-order valence-electron chi connectivity index (χ3n) is 4.44. The van der Waals surface area contributed by atoms with Gasteiger partial charge in [0, 0.05) is 5.92 Å². The molecule has 0 aliphatic heterocycles. The summed E-state index contributed by atoms with van der Waals surface area (Å²) in [5.41, 5.74) is 5.26. The van der Waals surface area contributed by atoms with E-state index < -0.39 is 0 Å². The van der Waals surface area contributed by atoms with E-state index in [4.69, 9.17) is 4.74 Å². The van der Waals surface area contributed by atoms with Gasteiger partial charge in [-0.25, -0.2) is 0 Å². The molecule has 0 fully saturated rings. The summed E-state index contributed by atoms with van der Waals surface area (Å²) in [4.78, 5) is 0. The molecule has 2 N–H and O–H groups in total. The fourth-order valence-corrected chi connectivity index (χ4v) is 3.00. The van der Waals surface area contributed by atoms with Gasteiger partial charge in [-0.05, 0) is 39.9 Å². The molecular weight excluding hydrogens is 312 g/mol. The highest BCUT2D eigenvalue weighted by atomic mass is 16.5. The van der Waals surface area contributed by atoms with Crippen molar-refractivity contribution in [2.24, 2.45) is 0 Å². The summed E-state index contributed by atoms with van der Waals surface area (Å²) in [5.74, 6) is 0.903. The number of hydrogen-bond acceptors (Lipinski definition) is 3. The summed E-state index contributed by atoms with van der Waals surface area (Å²) in [7, 11) is 1.66. The van der Waals surface area contributed by atoms with Crippen LogP contribution in [-0.2, 0) is 13.2 Å². The summed E-state index contributed by atoms with van der Waals surface area (Å²) < 4.78 is 5.27. The molecule has 0 bridgehead atoms. The number of rotatable bonds is 6. The van der Waals surface area contributed by atoms with Crippen molar-refractivity contribution in [3.05, 3.63) is 101 Å². The molecule has 3 nitrogen and oxygen atoms in total. The maximum Gasteiger partial charge on any atom is 0.118 e. The highest BCUT2D eigenvalue weighted by molar-refractivity contribution is 5.45. The number of methoxy groups -OCH3 is 1. The van der Waals surface area contributed by atoms with E-state index in [1.165, 1.54) is 0 Å². The fourth-order valence-electron chi connectivity index (χ4n) is 3.00. The molecule has 0 spiro atoms. The van der Waals surface area contributed by atoms with Gasteiger partial charge in [-0.15, -0.1) is 0 Å². The molecule has 0 amide bonds. The van der Waals surface area contributed by atoms with Gasteiger partial charge < -0.3 is 14.9 Å². The van der Waals surface area contributed by atoms with E-state index in [2.05, 4.69) is 36.4 Å². The van der Waals surface area contributed by atoms with Crippen molar-refractivity contribution in [2.75, 3.05) is 7.11 Å². The number of aliphatic hydroxyl groups excluding tert-OH is 2. The zero-order valence-electron chi connectivity index (χ0n) is 14.2. The van der Waals surface area contributed by atoms with Crippen LogP contribution in [0.2, 0.25) is 0 Å². The van der Waals surface area contributed by atoms with Gasteiger partial charge >= 0.3 is 0 Å². The lowest BCUT2D eigenvalue weighted by atomic mass is 9.84. The Kier molecular flexibility index (Phi) is 5.49. The number of hydrogen-bond donors (Lipinski definition) is 2. The molecule has 0 aliphatic rings. The number of benzene rings is 3. The number of aliphatic hydroxyl groups is 2. The molecule has 0 heterocycles. The van der Waals surface area contributed by atoms with E-state index in [0.29, 0.717) is 0 Å². The molecule has 3 aromatic rings. The first-order valence-corrected chi connectivity index (χ1v) is 8.28. The van der Waals surface area contributed by atoms with Gasteiger partial charge in [0.25, 0.3) is 0 Å². The second kappa shape index (κ2) is 7.97. The Hall–Kier alpha value is -2.62. The van der Waals surface area contributed by atoms with Crippen molar-refractivity contribution in [3.8, 4) is 5.75 Å².